The van der Waals surface area contributed by atoms with E-state index in [1.165, 1.54) is 18.2 Å². The Kier molecular flexibility index (Phi) is 6.74. The average molecular weight is 469 g/mol. The number of hydrogen-bond donors (Lipinski definition) is 1. The number of nitriles is 1. The van der Waals surface area contributed by atoms with Gasteiger partial charge in [-0.25, -0.2) is 0 Å². The fourth-order valence-corrected chi connectivity index (χ4v) is 3.62. The van der Waals surface area contributed by atoms with Crippen molar-refractivity contribution in [3.05, 3.63) is 126 Å². The molecule has 1 aromatic heterocycles. The number of pyridine rings is 1. The summed E-state index contributed by atoms with van der Waals surface area (Å²) in [6.45, 7) is 0. The quantitative estimate of drug-likeness (QED) is 0.260. The highest BCUT2D eigenvalue weighted by molar-refractivity contribution is 6.06. The van der Waals surface area contributed by atoms with E-state index in [4.69, 9.17) is 0 Å². The third kappa shape index (κ3) is 5.63. The molecule has 0 aliphatic carbocycles. The van der Waals surface area contributed by atoms with Crippen LogP contribution in [0.1, 0.15) is 22.3 Å². The molecule has 0 saturated heterocycles. The molecule has 1 heterocycles. The molecule has 4 rings (SSSR count). The first-order valence-electron chi connectivity index (χ1n) is 10.6. The number of alkyl halides is 3. The van der Waals surface area contributed by atoms with Gasteiger partial charge in [0.2, 0.25) is 5.91 Å². The summed E-state index contributed by atoms with van der Waals surface area (Å²) in [6.07, 6.45) is 3.14. The lowest BCUT2D eigenvalue weighted by molar-refractivity contribution is -0.137. The van der Waals surface area contributed by atoms with Crippen molar-refractivity contribution in [1.82, 2.24) is 4.98 Å². The number of aromatic nitrogens is 1. The van der Waals surface area contributed by atoms with Gasteiger partial charge in [-0.1, -0.05) is 48.6 Å². The number of carbonyl (C=O) groups excluding carboxylic acids is 1. The molecule has 0 spiro atoms. The van der Waals surface area contributed by atoms with E-state index in [0.717, 1.165) is 22.9 Å². The number of anilines is 1. The van der Waals surface area contributed by atoms with Gasteiger partial charge in [-0.3, -0.25) is 9.78 Å². The molecule has 0 saturated carbocycles. The summed E-state index contributed by atoms with van der Waals surface area (Å²) in [5.74, 6) is -0.403. The van der Waals surface area contributed by atoms with E-state index < -0.39 is 17.6 Å². The second-order valence-corrected chi connectivity index (χ2v) is 7.60. The van der Waals surface area contributed by atoms with Gasteiger partial charge in [-0.15, -0.1) is 0 Å². The van der Waals surface area contributed by atoms with E-state index in [1.54, 1.807) is 67.0 Å². The van der Waals surface area contributed by atoms with Crippen LogP contribution >= 0.6 is 0 Å². The molecule has 0 atom stereocenters. The summed E-state index contributed by atoms with van der Waals surface area (Å²) in [5.41, 5.74) is 1.49. The Balaban J connectivity index is 1.67. The molecule has 1 amide bonds. The lowest BCUT2D eigenvalue weighted by atomic mass is 9.95. The smallest absolute Gasteiger partial charge is 0.322 e. The Morgan fingerprint density at radius 1 is 0.971 bits per heavy atom. The van der Waals surface area contributed by atoms with Crippen LogP contribution in [0.5, 0.6) is 0 Å². The van der Waals surface area contributed by atoms with Crippen LogP contribution in [0.2, 0.25) is 0 Å². The molecule has 0 unspecified atom stereocenters. The van der Waals surface area contributed by atoms with Gasteiger partial charge in [0.15, 0.2) is 0 Å². The minimum absolute atomic E-state index is 0.307. The maximum Gasteiger partial charge on any atom is 0.416 e. The molecule has 4 aromatic rings. The number of nitrogens with zero attached hydrogens (tertiary/aromatic N) is 2. The van der Waals surface area contributed by atoms with Gasteiger partial charge in [0.05, 0.1) is 17.2 Å². The molecular weight excluding hydrogens is 451 g/mol. The third-order valence-corrected chi connectivity index (χ3v) is 5.25. The van der Waals surface area contributed by atoms with Crippen molar-refractivity contribution in [3.63, 3.8) is 0 Å². The molecule has 0 aliphatic heterocycles. The summed E-state index contributed by atoms with van der Waals surface area (Å²) in [4.78, 5) is 16.6. The number of carbonyl (C=O) groups is 1. The normalized spacial score (nSPS) is 12.0. The Labute approximate surface area is 199 Å². The maximum atomic E-state index is 13.3. The van der Waals surface area contributed by atoms with Gasteiger partial charge in [-0.2, -0.15) is 18.4 Å². The SMILES string of the molecule is N#Cc1cccc(C(=CC=CC(=O)Nc2cccc3cnccc23)c2cccc(C(F)(F)F)c2)c1. The largest absolute Gasteiger partial charge is 0.416 e. The van der Waals surface area contributed by atoms with E-state index in [9.17, 15) is 23.2 Å². The van der Waals surface area contributed by atoms with Crippen molar-refractivity contribution in [2.75, 3.05) is 5.32 Å². The molecule has 0 aliphatic rings. The summed E-state index contributed by atoms with van der Waals surface area (Å²) >= 11 is 0. The number of fused-ring (bicyclic) bond motifs is 1. The Bertz CT molecular complexity index is 1490. The van der Waals surface area contributed by atoms with Crippen LogP contribution in [0.25, 0.3) is 16.3 Å². The number of benzene rings is 3. The first kappa shape index (κ1) is 23.5. The molecular formula is C28H18F3N3O. The summed E-state index contributed by atoms with van der Waals surface area (Å²) in [6, 6.07) is 20.7. The first-order chi connectivity index (χ1) is 16.8. The van der Waals surface area contributed by atoms with Gasteiger partial charge in [-0.05, 0) is 53.1 Å². The van der Waals surface area contributed by atoms with Gasteiger partial charge in [0, 0.05) is 34.9 Å². The van der Waals surface area contributed by atoms with Gasteiger partial charge >= 0.3 is 6.18 Å². The fourth-order valence-electron chi connectivity index (χ4n) is 3.62. The van der Waals surface area contributed by atoms with Crippen LogP contribution in [0.3, 0.4) is 0 Å². The van der Waals surface area contributed by atoms with E-state index >= 15 is 0 Å². The minimum atomic E-state index is -4.50. The zero-order chi connectivity index (χ0) is 24.8. The average Bonchev–Trinajstić information content (AvgIpc) is 2.86. The molecule has 7 heteroatoms. The first-order valence-corrected chi connectivity index (χ1v) is 10.6. The molecule has 172 valence electrons. The number of nitrogens with one attached hydrogen (secondary N) is 1. The Hall–Kier alpha value is -4.70. The molecule has 0 fully saturated rings. The highest BCUT2D eigenvalue weighted by atomic mass is 19.4. The monoisotopic (exact) mass is 469 g/mol. The zero-order valence-corrected chi connectivity index (χ0v) is 18.3. The van der Waals surface area contributed by atoms with Crippen molar-refractivity contribution in [1.29, 1.82) is 5.26 Å². The van der Waals surface area contributed by atoms with Crippen LogP contribution < -0.4 is 5.32 Å². The van der Waals surface area contributed by atoms with E-state index in [2.05, 4.69) is 10.3 Å². The molecule has 1 N–H and O–H groups in total. The van der Waals surface area contributed by atoms with E-state index in [1.807, 2.05) is 12.1 Å². The van der Waals surface area contributed by atoms with Crippen molar-refractivity contribution < 1.29 is 18.0 Å². The van der Waals surface area contributed by atoms with Crippen molar-refractivity contribution in [2.45, 2.75) is 6.18 Å². The highest BCUT2D eigenvalue weighted by Crippen LogP contribution is 2.33. The molecule has 0 bridgehead atoms. The van der Waals surface area contributed by atoms with Crippen molar-refractivity contribution in [2.24, 2.45) is 0 Å². The van der Waals surface area contributed by atoms with Crippen LogP contribution in [0.15, 0.2) is 103 Å². The van der Waals surface area contributed by atoms with E-state index in [0.29, 0.717) is 28.0 Å². The van der Waals surface area contributed by atoms with Crippen LogP contribution in [-0.2, 0) is 11.0 Å². The molecule has 0 radical (unpaired) electrons. The number of amides is 1. The van der Waals surface area contributed by atoms with Crippen LogP contribution in [0, 0.1) is 11.3 Å². The van der Waals surface area contributed by atoms with Gasteiger partial charge < -0.3 is 5.32 Å². The molecule has 35 heavy (non-hydrogen) atoms. The Morgan fingerprint density at radius 3 is 2.49 bits per heavy atom. The maximum absolute atomic E-state index is 13.3. The summed E-state index contributed by atoms with van der Waals surface area (Å²) in [5, 5.41) is 13.8. The molecule has 3 aromatic carbocycles. The van der Waals surface area contributed by atoms with E-state index in [-0.39, 0.29) is 0 Å². The lowest BCUT2D eigenvalue weighted by Gasteiger charge is -2.12. The predicted molar refractivity (Wildman–Crippen MR) is 129 cm³/mol. The van der Waals surface area contributed by atoms with Crippen LogP contribution in [-0.4, -0.2) is 10.9 Å². The van der Waals surface area contributed by atoms with Crippen molar-refractivity contribution >= 4 is 27.9 Å². The zero-order valence-electron chi connectivity index (χ0n) is 18.3. The number of hydrogen-bond acceptors (Lipinski definition) is 3. The second-order valence-electron chi connectivity index (χ2n) is 7.60. The second kappa shape index (κ2) is 10.1. The van der Waals surface area contributed by atoms with Gasteiger partial charge in [0.25, 0.3) is 0 Å². The van der Waals surface area contributed by atoms with Crippen LogP contribution in [0.4, 0.5) is 18.9 Å². The standard InChI is InChI=1S/C28H18F3N3O/c29-28(30,31)23-9-2-7-21(16-23)24(20-6-1-5-19(15-20)17-32)10-4-12-27(35)34-26-11-3-8-22-18-33-14-13-25(22)26/h1-16,18H,(H,34,35). The predicted octanol–water partition coefficient (Wildman–Crippen LogP) is 6.75. The third-order valence-electron chi connectivity index (χ3n) is 5.25. The lowest BCUT2D eigenvalue weighted by Crippen LogP contribution is -2.08. The fraction of sp³-hybridized carbons (Fsp3) is 0.0357. The molecule has 4 nitrogen and oxygen atoms in total. The Morgan fingerprint density at radius 2 is 1.71 bits per heavy atom. The topological polar surface area (TPSA) is 65.8 Å². The number of halogens is 3. The van der Waals surface area contributed by atoms with Gasteiger partial charge in [0.1, 0.15) is 0 Å². The summed E-state index contributed by atoms with van der Waals surface area (Å²) in [7, 11) is 0. The van der Waals surface area contributed by atoms with Crippen molar-refractivity contribution in [3.8, 4) is 6.07 Å². The number of allylic oxidation sites excluding steroid dienone is 2. The summed E-state index contributed by atoms with van der Waals surface area (Å²) < 4.78 is 39.9. The number of rotatable bonds is 5. The minimum Gasteiger partial charge on any atom is -0.322 e. The highest BCUT2D eigenvalue weighted by Gasteiger charge is 2.30.